The molecule has 1 aliphatic rings. The van der Waals surface area contributed by atoms with Gasteiger partial charge in [-0.2, -0.15) is 0 Å². The summed E-state index contributed by atoms with van der Waals surface area (Å²) in [6.45, 7) is 0. The SMILES string of the molecule is c1ccc(-c2c3c(c(-c4ccccc4)c4ccccc24)-c2cc4sc5cc6ccccc6cc5c4c4cccc-3c24)cc1. The van der Waals surface area contributed by atoms with Gasteiger partial charge in [0.25, 0.3) is 0 Å². The fourth-order valence-corrected chi connectivity index (χ4v) is 8.82. The van der Waals surface area contributed by atoms with E-state index in [0.717, 1.165) is 0 Å². The lowest BCUT2D eigenvalue weighted by Crippen LogP contribution is -1.93. The van der Waals surface area contributed by atoms with Gasteiger partial charge in [-0.05, 0) is 95.0 Å². The van der Waals surface area contributed by atoms with Crippen molar-refractivity contribution in [1.82, 2.24) is 0 Å². The molecule has 0 N–H and O–H groups in total. The Balaban J connectivity index is 1.44. The Bertz CT molecular complexity index is 2590. The van der Waals surface area contributed by atoms with E-state index in [4.69, 9.17) is 0 Å². The fourth-order valence-electron chi connectivity index (χ4n) is 7.63. The van der Waals surface area contributed by atoms with Crippen LogP contribution in [0.2, 0.25) is 0 Å². The molecule has 0 radical (unpaired) electrons. The van der Waals surface area contributed by atoms with Crippen LogP contribution in [-0.2, 0) is 0 Å². The van der Waals surface area contributed by atoms with Gasteiger partial charge in [-0.1, -0.05) is 127 Å². The molecule has 10 rings (SSSR count). The van der Waals surface area contributed by atoms with E-state index < -0.39 is 0 Å². The van der Waals surface area contributed by atoms with Gasteiger partial charge < -0.3 is 0 Å². The molecule has 0 amide bonds. The van der Waals surface area contributed by atoms with Gasteiger partial charge in [-0.3, -0.25) is 0 Å². The molecule has 198 valence electrons. The summed E-state index contributed by atoms with van der Waals surface area (Å²) < 4.78 is 2.70. The average molecular weight is 561 g/mol. The lowest BCUT2D eigenvalue weighted by Gasteiger charge is -2.20. The molecule has 0 nitrogen and oxygen atoms in total. The third-order valence-electron chi connectivity index (χ3n) is 9.34. The van der Waals surface area contributed by atoms with Crippen molar-refractivity contribution in [1.29, 1.82) is 0 Å². The van der Waals surface area contributed by atoms with Crippen LogP contribution in [0.5, 0.6) is 0 Å². The highest BCUT2D eigenvalue weighted by Crippen LogP contribution is 2.59. The molecule has 0 saturated carbocycles. The average Bonchev–Trinajstić information content (AvgIpc) is 3.59. The van der Waals surface area contributed by atoms with Crippen LogP contribution in [0.1, 0.15) is 0 Å². The molecule has 0 spiro atoms. The highest BCUT2D eigenvalue weighted by atomic mass is 32.1. The van der Waals surface area contributed by atoms with Crippen LogP contribution in [0, 0.1) is 0 Å². The molecule has 0 aliphatic heterocycles. The summed E-state index contributed by atoms with van der Waals surface area (Å²) in [4.78, 5) is 0. The number of rotatable bonds is 2. The molecule has 0 fully saturated rings. The van der Waals surface area contributed by atoms with Gasteiger partial charge in [0.05, 0.1) is 0 Å². The van der Waals surface area contributed by atoms with Crippen molar-refractivity contribution >= 4 is 63.8 Å². The van der Waals surface area contributed by atoms with Crippen LogP contribution >= 0.6 is 11.3 Å². The van der Waals surface area contributed by atoms with Gasteiger partial charge in [-0.25, -0.2) is 0 Å². The molecule has 0 saturated heterocycles. The molecule has 9 aromatic rings. The zero-order chi connectivity index (χ0) is 28.1. The lowest BCUT2D eigenvalue weighted by atomic mass is 9.82. The Kier molecular flexibility index (Phi) is 4.69. The maximum Gasteiger partial charge on any atom is 0.0368 e. The van der Waals surface area contributed by atoms with Crippen LogP contribution in [0.3, 0.4) is 0 Å². The van der Waals surface area contributed by atoms with Crippen molar-refractivity contribution in [2.75, 3.05) is 0 Å². The predicted octanol–water partition coefficient (Wildman–Crippen LogP) is 12.5. The van der Waals surface area contributed by atoms with E-state index in [-0.39, 0.29) is 0 Å². The summed E-state index contributed by atoms with van der Waals surface area (Å²) in [7, 11) is 0. The largest absolute Gasteiger partial charge is 0.135 e. The number of fused-ring (bicyclic) bond motifs is 9. The van der Waals surface area contributed by atoms with Gasteiger partial charge >= 0.3 is 0 Å². The Morgan fingerprint density at radius 1 is 0.326 bits per heavy atom. The van der Waals surface area contributed by atoms with Crippen molar-refractivity contribution in [3.63, 3.8) is 0 Å². The van der Waals surface area contributed by atoms with Crippen LogP contribution in [0.25, 0.3) is 97.0 Å². The minimum atomic E-state index is 1.26. The molecular weight excluding hydrogens is 537 g/mol. The van der Waals surface area contributed by atoms with E-state index in [1.54, 1.807) is 0 Å². The lowest BCUT2D eigenvalue weighted by molar-refractivity contribution is 1.62. The minimum absolute atomic E-state index is 1.26. The quantitative estimate of drug-likeness (QED) is 0.197. The van der Waals surface area contributed by atoms with Crippen molar-refractivity contribution in [2.45, 2.75) is 0 Å². The Morgan fingerprint density at radius 2 is 0.884 bits per heavy atom. The molecular formula is C42H24S. The van der Waals surface area contributed by atoms with Crippen molar-refractivity contribution in [3.8, 4) is 44.5 Å². The standard InChI is InChI=1S/C42H24S/c1-3-12-25(13-4-1)37-29-18-9-10-19-30(29)38(26-14-5-2-6-15-26)42-34-24-36-40(31-20-11-21-32(39(31)34)41(37)42)33-22-27-16-7-8-17-28(27)23-35(33)43-36/h1-24H. The van der Waals surface area contributed by atoms with Crippen molar-refractivity contribution < 1.29 is 0 Å². The molecule has 1 aromatic heterocycles. The zero-order valence-electron chi connectivity index (χ0n) is 23.3. The zero-order valence-corrected chi connectivity index (χ0v) is 24.1. The van der Waals surface area contributed by atoms with Gasteiger partial charge in [0.1, 0.15) is 0 Å². The summed E-state index contributed by atoms with van der Waals surface area (Å²) in [5.41, 5.74) is 10.6. The summed E-state index contributed by atoms with van der Waals surface area (Å²) in [5, 5.41) is 10.7. The second-order valence-electron chi connectivity index (χ2n) is 11.6. The topological polar surface area (TPSA) is 0 Å². The van der Waals surface area contributed by atoms with Gasteiger partial charge in [0, 0.05) is 20.2 Å². The Hall–Kier alpha value is -5.24. The van der Waals surface area contributed by atoms with Crippen LogP contribution < -0.4 is 0 Å². The Morgan fingerprint density at radius 3 is 1.56 bits per heavy atom. The Labute approximate surface area is 253 Å². The first-order chi connectivity index (χ1) is 21.3. The monoisotopic (exact) mass is 560 g/mol. The molecule has 8 aromatic carbocycles. The number of thiophene rings is 1. The van der Waals surface area contributed by atoms with E-state index in [9.17, 15) is 0 Å². The first-order valence-corrected chi connectivity index (χ1v) is 15.7. The van der Waals surface area contributed by atoms with Gasteiger partial charge in [-0.15, -0.1) is 11.3 Å². The summed E-state index contributed by atoms with van der Waals surface area (Å²) in [6.07, 6.45) is 0. The van der Waals surface area contributed by atoms with E-state index in [1.807, 2.05) is 11.3 Å². The van der Waals surface area contributed by atoms with Crippen molar-refractivity contribution in [2.24, 2.45) is 0 Å². The van der Waals surface area contributed by atoms with E-state index in [1.165, 1.54) is 97.0 Å². The van der Waals surface area contributed by atoms with Crippen LogP contribution in [-0.4, -0.2) is 0 Å². The molecule has 1 aliphatic carbocycles. The molecule has 43 heavy (non-hydrogen) atoms. The summed E-state index contributed by atoms with van der Waals surface area (Å²) in [5.74, 6) is 0. The van der Waals surface area contributed by atoms with E-state index in [0.29, 0.717) is 0 Å². The van der Waals surface area contributed by atoms with E-state index >= 15 is 0 Å². The first kappa shape index (κ1) is 23.3. The molecule has 1 heteroatoms. The van der Waals surface area contributed by atoms with Crippen molar-refractivity contribution in [3.05, 3.63) is 146 Å². The number of benzene rings is 8. The number of hydrogen-bond acceptors (Lipinski definition) is 1. The highest BCUT2D eigenvalue weighted by molar-refractivity contribution is 7.26. The second kappa shape index (κ2) is 8.64. The third kappa shape index (κ3) is 3.15. The number of hydrogen-bond donors (Lipinski definition) is 0. The normalized spacial score (nSPS) is 12.2. The van der Waals surface area contributed by atoms with Crippen LogP contribution in [0.4, 0.5) is 0 Å². The maximum atomic E-state index is 2.50. The van der Waals surface area contributed by atoms with Gasteiger partial charge in [0.2, 0.25) is 0 Å². The van der Waals surface area contributed by atoms with Gasteiger partial charge in [0.15, 0.2) is 0 Å². The summed E-state index contributed by atoms with van der Waals surface area (Å²) >= 11 is 1.92. The first-order valence-electron chi connectivity index (χ1n) is 14.9. The molecule has 1 heterocycles. The smallest absolute Gasteiger partial charge is 0.0368 e. The fraction of sp³-hybridized carbons (Fsp3) is 0. The molecule has 0 atom stereocenters. The third-order valence-corrected chi connectivity index (χ3v) is 10.4. The molecule has 0 unspecified atom stereocenters. The highest BCUT2D eigenvalue weighted by Gasteiger charge is 2.31. The maximum absolute atomic E-state index is 2.50. The summed E-state index contributed by atoms with van der Waals surface area (Å²) in [6, 6.07) is 53.9. The minimum Gasteiger partial charge on any atom is -0.135 e. The predicted molar refractivity (Wildman–Crippen MR) is 187 cm³/mol. The van der Waals surface area contributed by atoms with Crippen LogP contribution in [0.15, 0.2) is 146 Å². The van der Waals surface area contributed by atoms with E-state index in [2.05, 4.69) is 146 Å². The second-order valence-corrected chi connectivity index (χ2v) is 12.7. The molecule has 0 bridgehead atoms.